The van der Waals surface area contributed by atoms with Gasteiger partial charge in [0, 0.05) is 12.5 Å². The van der Waals surface area contributed by atoms with Gasteiger partial charge in [0.05, 0.1) is 5.92 Å². The Morgan fingerprint density at radius 3 is 2.42 bits per heavy atom. The van der Waals surface area contributed by atoms with Gasteiger partial charge < -0.3 is 10.4 Å². The van der Waals surface area contributed by atoms with E-state index in [1.807, 2.05) is 31.2 Å². The molecule has 0 unspecified atom stereocenters. The van der Waals surface area contributed by atoms with Crippen molar-refractivity contribution < 1.29 is 14.7 Å². The molecule has 1 aromatic carbocycles. The average molecular weight is 261 g/mol. The highest BCUT2D eigenvalue weighted by molar-refractivity contribution is 5.80. The largest absolute Gasteiger partial charge is 0.481 e. The number of aliphatic carboxylic acids is 1. The second-order valence-electron chi connectivity index (χ2n) is 5.25. The highest BCUT2D eigenvalue weighted by Gasteiger charge is 2.33. The molecule has 2 atom stereocenters. The molecule has 0 radical (unpaired) electrons. The molecule has 19 heavy (non-hydrogen) atoms. The van der Waals surface area contributed by atoms with Crippen LogP contribution in [-0.4, -0.2) is 17.0 Å². The molecule has 1 saturated carbocycles. The zero-order chi connectivity index (χ0) is 13.8. The summed E-state index contributed by atoms with van der Waals surface area (Å²) >= 11 is 0. The maximum absolute atomic E-state index is 11.9. The number of carbonyl (C=O) groups is 2. The average Bonchev–Trinajstić information content (AvgIpc) is 2.87. The van der Waals surface area contributed by atoms with Crippen LogP contribution in [0.3, 0.4) is 0 Å². The smallest absolute Gasteiger partial charge is 0.306 e. The first-order chi connectivity index (χ1) is 9.06. The van der Waals surface area contributed by atoms with Crippen LogP contribution in [0.15, 0.2) is 24.3 Å². The normalized spacial score (nSPS) is 22.2. The second kappa shape index (κ2) is 5.87. The van der Waals surface area contributed by atoms with E-state index in [-0.39, 0.29) is 17.7 Å². The van der Waals surface area contributed by atoms with Gasteiger partial charge in [-0.25, -0.2) is 0 Å². The van der Waals surface area contributed by atoms with Gasteiger partial charge >= 0.3 is 5.97 Å². The number of amides is 1. The molecule has 2 rings (SSSR count). The monoisotopic (exact) mass is 261 g/mol. The second-order valence-corrected chi connectivity index (χ2v) is 5.25. The number of benzene rings is 1. The summed E-state index contributed by atoms with van der Waals surface area (Å²) in [6.07, 6.45) is 1.75. The zero-order valence-corrected chi connectivity index (χ0v) is 11.1. The van der Waals surface area contributed by atoms with Crippen LogP contribution in [0.1, 0.15) is 30.4 Å². The summed E-state index contributed by atoms with van der Waals surface area (Å²) in [4.78, 5) is 22.8. The van der Waals surface area contributed by atoms with Crippen molar-refractivity contribution in [2.75, 3.05) is 0 Å². The summed E-state index contributed by atoms with van der Waals surface area (Å²) in [7, 11) is 0. The van der Waals surface area contributed by atoms with Crippen molar-refractivity contribution in [3.8, 4) is 0 Å². The Labute approximate surface area is 112 Å². The number of nitrogens with one attached hydrogen (secondary N) is 1. The lowest BCUT2D eigenvalue weighted by Crippen LogP contribution is -2.29. The van der Waals surface area contributed by atoms with Crippen LogP contribution in [0, 0.1) is 18.8 Å². The molecule has 0 saturated heterocycles. The van der Waals surface area contributed by atoms with E-state index in [4.69, 9.17) is 5.11 Å². The molecule has 4 nitrogen and oxygen atoms in total. The van der Waals surface area contributed by atoms with Crippen molar-refractivity contribution in [1.82, 2.24) is 5.32 Å². The first-order valence-corrected chi connectivity index (χ1v) is 6.62. The number of carboxylic acids is 1. The molecule has 1 aliphatic carbocycles. The maximum atomic E-state index is 11.9. The molecule has 0 heterocycles. The highest BCUT2D eigenvalue weighted by atomic mass is 16.4. The van der Waals surface area contributed by atoms with Crippen molar-refractivity contribution in [3.05, 3.63) is 35.4 Å². The van der Waals surface area contributed by atoms with E-state index >= 15 is 0 Å². The van der Waals surface area contributed by atoms with Gasteiger partial charge in [-0.05, 0) is 31.7 Å². The summed E-state index contributed by atoms with van der Waals surface area (Å²) in [5, 5.41) is 11.8. The quantitative estimate of drug-likeness (QED) is 0.872. The molecule has 2 N–H and O–H groups in total. The zero-order valence-electron chi connectivity index (χ0n) is 11.1. The number of hydrogen-bond donors (Lipinski definition) is 2. The number of hydrogen-bond acceptors (Lipinski definition) is 2. The molecule has 0 aliphatic heterocycles. The third kappa shape index (κ3) is 3.56. The Morgan fingerprint density at radius 2 is 1.84 bits per heavy atom. The molecular weight excluding hydrogens is 242 g/mol. The van der Waals surface area contributed by atoms with Gasteiger partial charge in [-0.15, -0.1) is 0 Å². The van der Waals surface area contributed by atoms with Crippen molar-refractivity contribution >= 4 is 11.9 Å². The van der Waals surface area contributed by atoms with Crippen LogP contribution < -0.4 is 5.32 Å². The van der Waals surface area contributed by atoms with Crippen molar-refractivity contribution in [3.63, 3.8) is 0 Å². The Morgan fingerprint density at radius 1 is 1.21 bits per heavy atom. The lowest BCUT2D eigenvalue weighted by atomic mass is 10.0. The van der Waals surface area contributed by atoms with E-state index < -0.39 is 5.97 Å². The van der Waals surface area contributed by atoms with Gasteiger partial charge in [-0.1, -0.05) is 29.8 Å². The first kappa shape index (κ1) is 13.6. The minimum absolute atomic E-state index is 0.0238. The van der Waals surface area contributed by atoms with Crippen molar-refractivity contribution in [1.29, 1.82) is 0 Å². The number of rotatable bonds is 4. The molecule has 0 aromatic heterocycles. The number of carboxylic acid groups (broad SMARTS) is 1. The molecule has 1 fully saturated rings. The van der Waals surface area contributed by atoms with Gasteiger partial charge in [0.15, 0.2) is 0 Å². The third-order valence-corrected chi connectivity index (χ3v) is 3.74. The van der Waals surface area contributed by atoms with Gasteiger partial charge in [0.2, 0.25) is 5.91 Å². The fourth-order valence-electron chi connectivity index (χ4n) is 2.48. The lowest BCUT2D eigenvalue weighted by molar-refractivity contribution is -0.141. The molecule has 4 heteroatoms. The SMILES string of the molecule is Cc1ccc(CNC(=O)[C@@H]2CC[C@H](C(=O)O)C2)cc1. The van der Waals surface area contributed by atoms with E-state index in [1.54, 1.807) is 0 Å². The molecule has 1 amide bonds. The minimum Gasteiger partial charge on any atom is -0.481 e. The van der Waals surface area contributed by atoms with Crippen LogP contribution in [0.2, 0.25) is 0 Å². The maximum Gasteiger partial charge on any atom is 0.306 e. The minimum atomic E-state index is -0.783. The van der Waals surface area contributed by atoms with Gasteiger partial charge in [-0.3, -0.25) is 9.59 Å². The predicted molar refractivity (Wildman–Crippen MR) is 71.5 cm³/mol. The molecule has 1 aromatic rings. The Bertz CT molecular complexity index is 467. The summed E-state index contributed by atoms with van der Waals surface area (Å²) < 4.78 is 0. The third-order valence-electron chi connectivity index (χ3n) is 3.74. The van der Waals surface area contributed by atoms with Crippen molar-refractivity contribution in [2.45, 2.75) is 32.7 Å². The van der Waals surface area contributed by atoms with E-state index in [9.17, 15) is 9.59 Å². The molecule has 0 spiro atoms. The number of carbonyl (C=O) groups excluding carboxylic acids is 1. The summed E-state index contributed by atoms with van der Waals surface area (Å²) in [6.45, 7) is 2.53. The lowest BCUT2D eigenvalue weighted by Gasteiger charge is -2.11. The van der Waals surface area contributed by atoms with Crippen LogP contribution in [0.25, 0.3) is 0 Å². The summed E-state index contributed by atoms with van der Waals surface area (Å²) in [5.41, 5.74) is 2.25. The highest BCUT2D eigenvalue weighted by Crippen LogP contribution is 2.31. The fraction of sp³-hybridized carbons (Fsp3) is 0.467. The van der Waals surface area contributed by atoms with E-state index in [0.29, 0.717) is 25.8 Å². The Hall–Kier alpha value is -1.84. The van der Waals surface area contributed by atoms with Crippen LogP contribution >= 0.6 is 0 Å². The molecular formula is C15H19NO3. The topological polar surface area (TPSA) is 66.4 Å². The van der Waals surface area contributed by atoms with Gasteiger partial charge in [-0.2, -0.15) is 0 Å². The Balaban J connectivity index is 1.82. The Kier molecular flexibility index (Phi) is 4.20. The number of aryl methyl sites for hydroxylation is 1. The van der Waals surface area contributed by atoms with Crippen molar-refractivity contribution in [2.24, 2.45) is 11.8 Å². The van der Waals surface area contributed by atoms with E-state index in [2.05, 4.69) is 5.32 Å². The van der Waals surface area contributed by atoms with E-state index in [1.165, 1.54) is 5.56 Å². The van der Waals surface area contributed by atoms with Gasteiger partial charge in [0.25, 0.3) is 0 Å². The van der Waals surface area contributed by atoms with E-state index in [0.717, 1.165) is 5.56 Å². The summed E-state index contributed by atoms with van der Waals surface area (Å²) in [5.74, 6) is -1.31. The van der Waals surface area contributed by atoms with Gasteiger partial charge in [0.1, 0.15) is 0 Å². The molecule has 1 aliphatic rings. The standard InChI is InChI=1S/C15H19NO3/c1-10-2-4-11(5-3-10)9-16-14(17)12-6-7-13(8-12)15(18)19/h2-5,12-13H,6-9H2,1H3,(H,16,17)(H,18,19)/t12-,13+/m1/s1. The predicted octanol–water partition coefficient (Wildman–Crippen LogP) is 2.11. The van der Waals surface area contributed by atoms with Crippen LogP contribution in [-0.2, 0) is 16.1 Å². The fourth-order valence-corrected chi connectivity index (χ4v) is 2.48. The summed E-state index contributed by atoms with van der Waals surface area (Å²) in [6, 6.07) is 8.00. The first-order valence-electron chi connectivity index (χ1n) is 6.62. The van der Waals surface area contributed by atoms with Crippen LogP contribution in [0.5, 0.6) is 0 Å². The van der Waals surface area contributed by atoms with Crippen LogP contribution in [0.4, 0.5) is 0 Å². The molecule has 102 valence electrons. The molecule has 0 bridgehead atoms.